The van der Waals surface area contributed by atoms with E-state index in [1.165, 1.54) is 0 Å². The standard InChI is InChI=1S/C28H34N6O3/c1-6-34-22-12-8-7-10-18(22)15-23(34)25-30-21-14-19(16-29-24(21)32(25)5)26(35)33-13-9-11-20(17-33)37-27(36)31-28(2,3)4/h7-8,10,12,14-16,20H,6,9,11,13,17H2,1-5H3,(H,31,36)/t20-/m1/s1. The van der Waals surface area contributed by atoms with E-state index in [1.54, 1.807) is 11.1 Å². The summed E-state index contributed by atoms with van der Waals surface area (Å²) in [6.45, 7) is 9.61. The number of hydrogen-bond donors (Lipinski definition) is 1. The van der Waals surface area contributed by atoms with Crippen molar-refractivity contribution >= 4 is 34.1 Å². The van der Waals surface area contributed by atoms with Gasteiger partial charge in [0.1, 0.15) is 11.6 Å². The first kappa shape index (κ1) is 24.8. The molecule has 9 nitrogen and oxygen atoms in total. The van der Waals surface area contributed by atoms with E-state index >= 15 is 0 Å². The molecule has 5 rings (SSSR count). The summed E-state index contributed by atoms with van der Waals surface area (Å²) in [4.78, 5) is 36.8. The minimum Gasteiger partial charge on any atom is -0.444 e. The average Bonchev–Trinajstić information content (AvgIpc) is 3.39. The topological polar surface area (TPSA) is 94.3 Å². The fraction of sp³-hybridized carbons (Fsp3) is 0.429. The van der Waals surface area contributed by atoms with Crippen LogP contribution in [0.3, 0.4) is 0 Å². The third kappa shape index (κ3) is 4.90. The van der Waals surface area contributed by atoms with Crippen molar-refractivity contribution in [3.8, 4) is 11.5 Å². The molecule has 1 aliphatic heterocycles. The number of nitrogens with one attached hydrogen (secondary N) is 1. The number of imidazole rings is 1. The Labute approximate surface area is 216 Å². The van der Waals surface area contributed by atoms with Crippen molar-refractivity contribution in [3.05, 3.63) is 48.2 Å². The van der Waals surface area contributed by atoms with Crippen LogP contribution in [0, 0.1) is 0 Å². The number of alkyl carbamates (subject to hydrolysis) is 1. The minimum absolute atomic E-state index is 0.131. The Bertz CT molecular complexity index is 1480. The normalized spacial score (nSPS) is 16.4. The van der Waals surface area contributed by atoms with Crippen LogP contribution in [0.5, 0.6) is 0 Å². The molecule has 1 fully saturated rings. The van der Waals surface area contributed by atoms with Crippen LogP contribution >= 0.6 is 0 Å². The van der Waals surface area contributed by atoms with Crippen LogP contribution in [0.4, 0.5) is 4.79 Å². The lowest BCUT2D eigenvalue weighted by Crippen LogP contribution is -2.47. The molecule has 0 radical (unpaired) electrons. The summed E-state index contributed by atoms with van der Waals surface area (Å²) in [6.07, 6.45) is 2.31. The third-order valence-corrected chi connectivity index (χ3v) is 6.73. The number of fused-ring (bicyclic) bond motifs is 2. The van der Waals surface area contributed by atoms with Crippen molar-refractivity contribution in [2.75, 3.05) is 13.1 Å². The summed E-state index contributed by atoms with van der Waals surface area (Å²) in [7, 11) is 1.95. The smallest absolute Gasteiger partial charge is 0.407 e. The molecule has 0 bridgehead atoms. The Kier molecular flexibility index (Phi) is 6.39. The lowest BCUT2D eigenvalue weighted by molar-refractivity contribution is 0.0322. The van der Waals surface area contributed by atoms with Gasteiger partial charge in [-0.1, -0.05) is 18.2 Å². The summed E-state index contributed by atoms with van der Waals surface area (Å²) in [6, 6.07) is 12.3. The number of aromatic nitrogens is 4. The van der Waals surface area contributed by atoms with Gasteiger partial charge in [-0.05, 0) is 58.7 Å². The predicted octanol–water partition coefficient (Wildman–Crippen LogP) is 4.74. The van der Waals surface area contributed by atoms with Crippen LogP contribution in [-0.4, -0.2) is 60.7 Å². The van der Waals surface area contributed by atoms with E-state index in [4.69, 9.17) is 9.72 Å². The van der Waals surface area contributed by atoms with Crippen LogP contribution < -0.4 is 5.32 Å². The summed E-state index contributed by atoms with van der Waals surface area (Å²) in [5, 5.41) is 3.97. The van der Waals surface area contributed by atoms with Gasteiger partial charge in [0, 0.05) is 42.8 Å². The molecule has 1 aliphatic rings. The second-order valence-electron chi connectivity index (χ2n) is 10.7. The third-order valence-electron chi connectivity index (χ3n) is 6.73. The number of amides is 2. The maximum atomic E-state index is 13.4. The van der Waals surface area contributed by atoms with Crippen LogP contribution in [0.15, 0.2) is 42.6 Å². The highest BCUT2D eigenvalue weighted by molar-refractivity contribution is 5.97. The zero-order chi connectivity index (χ0) is 26.3. The fourth-order valence-corrected chi connectivity index (χ4v) is 5.05. The molecule has 1 N–H and O–H groups in total. The van der Waals surface area contributed by atoms with Gasteiger partial charge >= 0.3 is 6.09 Å². The Morgan fingerprint density at radius 3 is 2.73 bits per heavy atom. The molecule has 4 aromatic rings. The molecule has 1 atom stereocenters. The van der Waals surface area contributed by atoms with Gasteiger partial charge in [-0.3, -0.25) is 4.79 Å². The number of pyridine rings is 1. The average molecular weight is 503 g/mol. The number of aryl methyl sites for hydroxylation is 2. The zero-order valence-corrected chi connectivity index (χ0v) is 22.1. The minimum atomic E-state index is -0.458. The number of hydrogen-bond acceptors (Lipinski definition) is 5. The van der Waals surface area contributed by atoms with Crippen molar-refractivity contribution in [3.63, 3.8) is 0 Å². The van der Waals surface area contributed by atoms with Crippen LogP contribution in [0.2, 0.25) is 0 Å². The van der Waals surface area contributed by atoms with Gasteiger partial charge in [0.15, 0.2) is 11.5 Å². The van der Waals surface area contributed by atoms with Gasteiger partial charge in [-0.2, -0.15) is 0 Å². The molecule has 9 heteroatoms. The molecule has 0 aliphatic carbocycles. The van der Waals surface area contributed by atoms with Gasteiger partial charge in [0.2, 0.25) is 0 Å². The van der Waals surface area contributed by atoms with Gasteiger partial charge in [0.25, 0.3) is 5.91 Å². The van der Waals surface area contributed by atoms with E-state index in [0.717, 1.165) is 47.5 Å². The molecular formula is C28H34N6O3. The molecule has 0 saturated carbocycles. The molecule has 1 aromatic carbocycles. The number of nitrogens with zero attached hydrogens (tertiary/aromatic N) is 5. The highest BCUT2D eigenvalue weighted by Gasteiger charge is 2.28. The van der Waals surface area contributed by atoms with Crippen LogP contribution in [0.1, 0.15) is 50.9 Å². The Morgan fingerprint density at radius 2 is 1.97 bits per heavy atom. The number of ether oxygens (including phenoxy) is 1. The van der Waals surface area contributed by atoms with Crippen molar-refractivity contribution in [2.24, 2.45) is 7.05 Å². The van der Waals surface area contributed by atoms with Crippen molar-refractivity contribution in [2.45, 2.75) is 58.7 Å². The Morgan fingerprint density at radius 1 is 1.19 bits per heavy atom. The monoisotopic (exact) mass is 502 g/mol. The van der Waals surface area contributed by atoms with Crippen LogP contribution in [-0.2, 0) is 18.3 Å². The van der Waals surface area contributed by atoms with E-state index < -0.39 is 6.09 Å². The number of rotatable bonds is 4. The number of carbonyl (C=O) groups excluding carboxylic acids is 2. The van der Waals surface area contributed by atoms with E-state index in [1.807, 2.05) is 50.6 Å². The molecule has 194 valence electrons. The number of piperidine rings is 1. The first-order valence-corrected chi connectivity index (χ1v) is 12.8. The Balaban J connectivity index is 1.39. The molecule has 2 amide bonds. The van der Waals surface area contributed by atoms with Crippen molar-refractivity contribution in [1.29, 1.82) is 0 Å². The second kappa shape index (κ2) is 9.53. The first-order valence-electron chi connectivity index (χ1n) is 12.8. The molecular weight excluding hydrogens is 468 g/mol. The van der Waals surface area contributed by atoms with Gasteiger partial charge in [-0.25, -0.2) is 14.8 Å². The predicted molar refractivity (Wildman–Crippen MR) is 143 cm³/mol. The second-order valence-corrected chi connectivity index (χ2v) is 10.7. The number of para-hydroxylation sites is 1. The molecule has 3 aromatic heterocycles. The van der Waals surface area contributed by atoms with Crippen molar-refractivity contribution in [1.82, 2.24) is 29.3 Å². The quantitative estimate of drug-likeness (QED) is 0.435. The number of likely N-dealkylation sites (tertiary alicyclic amines) is 1. The van der Waals surface area contributed by atoms with Gasteiger partial charge in [-0.15, -0.1) is 0 Å². The van der Waals surface area contributed by atoms with Crippen molar-refractivity contribution < 1.29 is 14.3 Å². The molecule has 0 unspecified atom stereocenters. The lowest BCUT2D eigenvalue weighted by Gasteiger charge is -2.33. The summed E-state index contributed by atoms with van der Waals surface area (Å²) < 4.78 is 9.81. The number of carbonyl (C=O) groups is 2. The SMILES string of the molecule is CCn1c(-c2nc3cc(C(=O)N4CCC[C@@H](OC(=O)NC(C)(C)C)C4)cnc3n2C)cc2ccccc21. The van der Waals surface area contributed by atoms with E-state index in [9.17, 15) is 9.59 Å². The van der Waals surface area contributed by atoms with E-state index in [-0.39, 0.29) is 17.6 Å². The number of benzene rings is 1. The van der Waals surface area contributed by atoms with Gasteiger partial charge < -0.3 is 24.1 Å². The van der Waals surface area contributed by atoms with Gasteiger partial charge in [0.05, 0.1) is 17.8 Å². The van der Waals surface area contributed by atoms with Crippen LogP contribution in [0.25, 0.3) is 33.6 Å². The largest absolute Gasteiger partial charge is 0.444 e. The molecule has 4 heterocycles. The lowest BCUT2D eigenvalue weighted by atomic mass is 10.1. The maximum Gasteiger partial charge on any atom is 0.407 e. The molecule has 1 saturated heterocycles. The summed E-state index contributed by atoms with van der Waals surface area (Å²) >= 11 is 0. The maximum absolute atomic E-state index is 13.4. The summed E-state index contributed by atoms with van der Waals surface area (Å²) in [5.74, 6) is 0.676. The molecule has 0 spiro atoms. The summed E-state index contributed by atoms with van der Waals surface area (Å²) in [5.41, 5.74) is 3.67. The van der Waals surface area contributed by atoms with E-state index in [0.29, 0.717) is 24.2 Å². The first-order chi connectivity index (χ1) is 17.6. The highest BCUT2D eigenvalue weighted by atomic mass is 16.6. The Hall–Kier alpha value is -3.88. The fourth-order valence-electron chi connectivity index (χ4n) is 5.05. The zero-order valence-electron chi connectivity index (χ0n) is 22.1. The van der Waals surface area contributed by atoms with E-state index in [2.05, 4.69) is 40.0 Å². The highest BCUT2D eigenvalue weighted by Crippen LogP contribution is 2.30. The molecule has 37 heavy (non-hydrogen) atoms.